The van der Waals surface area contributed by atoms with Gasteiger partial charge in [0.15, 0.2) is 0 Å². The van der Waals surface area contributed by atoms with E-state index in [4.69, 9.17) is 4.74 Å². The number of rotatable bonds is 6. The first kappa shape index (κ1) is 17.3. The molecule has 0 spiro atoms. The topological polar surface area (TPSA) is 66.8 Å². The normalized spacial score (nSPS) is 11.3. The maximum atomic E-state index is 11.3. The van der Waals surface area contributed by atoms with Crippen LogP contribution in [0.5, 0.6) is 5.75 Å². The first-order chi connectivity index (χ1) is 10.8. The van der Waals surface area contributed by atoms with Gasteiger partial charge in [0.05, 0.1) is 17.7 Å². The van der Waals surface area contributed by atoms with Crippen LogP contribution in [0, 0.1) is 6.92 Å². The van der Waals surface area contributed by atoms with Crippen molar-refractivity contribution in [3.05, 3.63) is 53.6 Å². The Hall–Kier alpha value is -2.05. The maximum absolute atomic E-state index is 11.3. The number of methoxy groups -OCH3 is 1. The van der Waals surface area contributed by atoms with E-state index >= 15 is 0 Å². The molecule has 0 aliphatic rings. The van der Waals surface area contributed by atoms with Crippen LogP contribution in [0.15, 0.2) is 47.4 Å². The zero-order chi connectivity index (χ0) is 17.0. The summed E-state index contributed by atoms with van der Waals surface area (Å²) in [5.74, 6) is 0.767. The summed E-state index contributed by atoms with van der Waals surface area (Å²) in [6, 6.07) is 12.3. The molecule has 0 heterocycles. The zero-order valence-corrected chi connectivity index (χ0v) is 14.3. The molecule has 0 bridgehead atoms. The molecule has 1 N–H and O–H groups in total. The molecule has 2 aromatic carbocycles. The Kier molecular flexibility index (Phi) is 5.28. The Balaban J connectivity index is 2.36. The minimum atomic E-state index is -4.20. The van der Waals surface area contributed by atoms with E-state index in [1.807, 2.05) is 38.1 Å². The van der Waals surface area contributed by atoms with Gasteiger partial charge < -0.3 is 9.64 Å². The van der Waals surface area contributed by atoms with Crippen molar-refractivity contribution < 1.29 is 17.7 Å². The van der Waals surface area contributed by atoms with E-state index in [1.54, 1.807) is 13.2 Å². The summed E-state index contributed by atoms with van der Waals surface area (Å²) in [5.41, 5.74) is 2.86. The lowest BCUT2D eigenvalue weighted by atomic mass is 10.1. The summed E-state index contributed by atoms with van der Waals surface area (Å²) >= 11 is 0. The fraction of sp³-hybridized carbons (Fsp3) is 0.294. The molecule has 2 rings (SSSR count). The third kappa shape index (κ3) is 4.24. The number of aryl methyl sites for hydroxylation is 1. The number of anilines is 1. The minimum absolute atomic E-state index is 0.0951. The Morgan fingerprint density at radius 3 is 2.52 bits per heavy atom. The number of hydrogen-bond acceptors (Lipinski definition) is 4. The lowest BCUT2D eigenvalue weighted by Gasteiger charge is -2.25. The molecule has 0 amide bonds. The minimum Gasteiger partial charge on any atom is -0.495 e. The van der Waals surface area contributed by atoms with Crippen molar-refractivity contribution in [1.29, 1.82) is 0 Å². The van der Waals surface area contributed by atoms with Crippen molar-refractivity contribution in [3.8, 4) is 5.75 Å². The van der Waals surface area contributed by atoms with E-state index in [0.29, 0.717) is 6.54 Å². The summed E-state index contributed by atoms with van der Waals surface area (Å²) in [4.78, 5) is 2.00. The van der Waals surface area contributed by atoms with E-state index in [-0.39, 0.29) is 4.90 Å². The first-order valence-corrected chi connectivity index (χ1v) is 8.75. The molecule has 2 aromatic rings. The molecule has 5 nitrogen and oxygen atoms in total. The van der Waals surface area contributed by atoms with Crippen molar-refractivity contribution in [2.24, 2.45) is 0 Å². The number of nitrogens with zero attached hydrogens (tertiary/aromatic N) is 1. The van der Waals surface area contributed by atoms with Crippen molar-refractivity contribution in [2.75, 3.05) is 18.6 Å². The van der Waals surface area contributed by atoms with Crippen LogP contribution in [0.25, 0.3) is 0 Å². The van der Waals surface area contributed by atoms with Gasteiger partial charge in [0.25, 0.3) is 10.1 Å². The standard InChI is InChI=1S/C17H21NO4S/c1-4-18(16-10-13(2)8-9-17(16)22-3)12-14-6-5-7-15(11-14)23(19,20)21/h5-11H,4,12H2,1-3H3,(H,19,20,21). The molecule has 0 aromatic heterocycles. The smallest absolute Gasteiger partial charge is 0.294 e. The van der Waals surface area contributed by atoms with Crippen molar-refractivity contribution >= 4 is 15.8 Å². The summed E-state index contributed by atoms with van der Waals surface area (Å²) < 4.78 is 37.2. The predicted octanol–water partition coefficient (Wildman–Crippen LogP) is 3.28. The van der Waals surface area contributed by atoms with Crippen molar-refractivity contribution in [3.63, 3.8) is 0 Å². The summed E-state index contributed by atoms with van der Waals surface area (Å²) in [5, 5.41) is 0. The highest BCUT2D eigenvalue weighted by molar-refractivity contribution is 7.85. The number of hydrogen-bond donors (Lipinski definition) is 1. The quantitative estimate of drug-likeness (QED) is 0.821. The Morgan fingerprint density at radius 1 is 1.17 bits per heavy atom. The average molecular weight is 335 g/mol. The maximum Gasteiger partial charge on any atom is 0.294 e. The van der Waals surface area contributed by atoms with Gasteiger partial charge in [0, 0.05) is 13.1 Å². The number of benzene rings is 2. The van der Waals surface area contributed by atoms with E-state index in [9.17, 15) is 13.0 Å². The molecule has 23 heavy (non-hydrogen) atoms. The molecule has 0 atom stereocenters. The summed E-state index contributed by atoms with van der Waals surface area (Å²) in [7, 11) is -2.57. The van der Waals surface area contributed by atoms with E-state index in [2.05, 4.69) is 4.90 Å². The van der Waals surface area contributed by atoms with Crippen LogP contribution in [-0.4, -0.2) is 26.6 Å². The molecule has 0 saturated heterocycles. The average Bonchev–Trinajstić information content (AvgIpc) is 2.52. The third-order valence-corrected chi connectivity index (χ3v) is 4.48. The highest BCUT2D eigenvalue weighted by Crippen LogP contribution is 2.30. The molecule has 124 valence electrons. The van der Waals surface area contributed by atoms with Crippen molar-refractivity contribution in [1.82, 2.24) is 0 Å². The van der Waals surface area contributed by atoms with Gasteiger partial charge in [-0.05, 0) is 49.2 Å². The van der Waals surface area contributed by atoms with Gasteiger partial charge in [0.2, 0.25) is 0 Å². The Bertz CT molecular complexity index is 787. The predicted molar refractivity (Wildman–Crippen MR) is 90.7 cm³/mol. The molecule has 0 fully saturated rings. The molecular formula is C17H21NO4S. The second kappa shape index (κ2) is 7.02. The lowest BCUT2D eigenvalue weighted by Crippen LogP contribution is -2.22. The van der Waals surface area contributed by atoms with Gasteiger partial charge in [0.1, 0.15) is 5.75 Å². The molecule has 0 unspecified atom stereocenters. The summed E-state index contributed by atoms with van der Waals surface area (Å²) in [6.45, 7) is 5.28. The van der Waals surface area contributed by atoms with Crippen LogP contribution in [0.1, 0.15) is 18.1 Å². The summed E-state index contributed by atoms with van der Waals surface area (Å²) in [6.07, 6.45) is 0. The van der Waals surface area contributed by atoms with Gasteiger partial charge in [-0.1, -0.05) is 18.2 Å². The zero-order valence-electron chi connectivity index (χ0n) is 13.5. The molecule has 6 heteroatoms. The largest absolute Gasteiger partial charge is 0.495 e. The first-order valence-electron chi connectivity index (χ1n) is 7.31. The number of ether oxygens (including phenoxy) is 1. The van der Waals surface area contributed by atoms with Gasteiger partial charge in [-0.2, -0.15) is 8.42 Å². The molecule has 0 saturated carbocycles. The van der Waals surface area contributed by atoms with Crippen molar-refractivity contribution in [2.45, 2.75) is 25.3 Å². The fourth-order valence-corrected chi connectivity index (χ4v) is 2.99. The second-order valence-corrected chi connectivity index (χ2v) is 6.73. The second-order valence-electron chi connectivity index (χ2n) is 5.31. The van der Waals surface area contributed by atoms with Crippen LogP contribution < -0.4 is 9.64 Å². The van der Waals surface area contributed by atoms with Crippen LogP contribution in [0.4, 0.5) is 5.69 Å². The Labute approximate surface area is 137 Å². The van der Waals surface area contributed by atoms with Crippen LogP contribution in [0.2, 0.25) is 0 Å². The van der Waals surface area contributed by atoms with Gasteiger partial charge >= 0.3 is 0 Å². The highest BCUT2D eigenvalue weighted by atomic mass is 32.2. The van der Waals surface area contributed by atoms with Gasteiger partial charge in [-0.3, -0.25) is 4.55 Å². The van der Waals surface area contributed by atoms with Crippen LogP contribution >= 0.6 is 0 Å². The highest BCUT2D eigenvalue weighted by Gasteiger charge is 2.14. The van der Waals surface area contributed by atoms with Gasteiger partial charge in [-0.25, -0.2) is 0 Å². The van der Waals surface area contributed by atoms with Crippen LogP contribution in [0.3, 0.4) is 0 Å². The van der Waals surface area contributed by atoms with Gasteiger partial charge in [-0.15, -0.1) is 0 Å². The lowest BCUT2D eigenvalue weighted by molar-refractivity contribution is 0.414. The Morgan fingerprint density at radius 2 is 1.91 bits per heavy atom. The third-order valence-electron chi connectivity index (χ3n) is 3.63. The molecule has 0 radical (unpaired) electrons. The molecular weight excluding hydrogens is 314 g/mol. The molecule has 0 aliphatic carbocycles. The van der Waals surface area contributed by atoms with Crippen LogP contribution in [-0.2, 0) is 16.7 Å². The molecule has 0 aliphatic heterocycles. The monoisotopic (exact) mass is 335 g/mol. The van der Waals surface area contributed by atoms with E-state index in [1.165, 1.54) is 12.1 Å². The van der Waals surface area contributed by atoms with E-state index in [0.717, 1.165) is 29.1 Å². The SMILES string of the molecule is CCN(Cc1cccc(S(=O)(=O)O)c1)c1cc(C)ccc1OC. The fourth-order valence-electron chi connectivity index (χ4n) is 2.44. The van der Waals surface area contributed by atoms with E-state index < -0.39 is 10.1 Å².